The number of nitrogens with zero attached hydrogens (tertiary/aromatic N) is 2. The summed E-state index contributed by atoms with van der Waals surface area (Å²) in [5.74, 6) is -1.11. The first-order chi connectivity index (χ1) is 13.6. The Hall–Kier alpha value is -3.86. The Balaban J connectivity index is 1.71. The van der Waals surface area contributed by atoms with Crippen LogP contribution < -0.4 is 0 Å². The maximum Gasteiger partial charge on any atom is 0.282 e. The number of imide groups is 1. The Bertz CT molecular complexity index is 1050. The van der Waals surface area contributed by atoms with Gasteiger partial charge in [0.1, 0.15) is 0 Å². The van der Waals surface area contributed by atoms with Crippen LogP contribution in [0, 0.1) is 0 Å². The van der Waals surface area contributed by atoms with Crippen molar-refractivity contribution >= 4 is 23.3 Å². The fourth-order valence-corrected chi connectivity index (χ4v) is 3.09. The van der Waals surface area contributed by atoms with Crippen molar-refractivity contribution in [3.8, 4) is 0 Å². The van der Waals surface area contributed by atoms with Crippen LogP contribution >= 0.6 is 0 Å². The van der Waals surface area contributed by atoms with Gasteiger partial charge in [0, 0.05) is 5.56 Å². The maximum absolute atomic E-state index is 12.7. The van der Waals surface area contributed by atoms with Crippen LogP contribution in [0.4, 0.5) is 0 Å². The van der Waals surface area contributed by atoms with Gasteiger partial charge in [0.05, 0.1) is 23.3 Å². The molecule has 3 aromatic carbocycles. The summed E-state index contributed by atoms with van der Waals surface area (Å²) in [5, 5.41) is 5.17. The number of ketones is 1. The summed E-state index contributed by atoms with van der Waals surface area (Å²) in [6.07, 6.45) is -0.0264. The average molecular weight is 368 g/mol. The van der Waals surface area contributed by atoms with Gasteiger partial charge in [-0.25, -0.2) is 0 Å². The van der Waals surface area contributed by atoms with Gasteiger partial charge in [0.25, 0.3) is 11.8 Å². The van der Waals surface area contributed by atoms with E-state index < -0.39 is 11.8 Å². The largest absolute Gasteiger partial charge is 0.294 e. The lowest BCUT2D eigenvalue weighted by Crippen LogP contribution is -2.26. The number of hydrazone groups is 1. The molecular formula is C23H16N2O3. The van der Waals surface area contributed by atoms with Gasteiger partial charge >= 0.3 is 0 Å². The van der Waals surface area contributed by atoms with Crippen LogP contribution in [-0.4, -0.2) is 28.3 Å². The predicted molar refractivity (Wildman–Crippen MR) is 105 cm³/mol. The highest BCUT2D eigenvalue weighted by atomic mass is 16.2. The van der Waals surface area contributed by atoms with E-state index in [-0.39, 0.29) is 12.2 Å². The highest BCUT2D eigenvalue weighted by Crippen LogP contribution is 2.23. The van der Waals surface area contributed by atoms with Crippen LogP contribution in [0.15, 0.2) is 90.0 Å². The van der Waals surface area contributed by atoms with Gasteiger partial charge in [0.15, 0.2) is 5.78 Å². The van der Waals surface area contributed by atoms with Crippen LogP contribution in [0.5, 0.6) is 0 Å². The average Bonchev–Trinajstić information content (AvgIpc) is 2.99. The number of amides is 2. The Labute approximate surface area is 161 Å². The molecule has 2 amide bonds. The minimum absolute atomic E-state index is 0.0264. The molecule has 0 saturated heterocycles. The number of benzene rings is 3. The Morgan fingerprint density at radius 3 is 1.68 bits per heavy atom. The van der Waals surface area contributed by atoms with Crippen LogP contribution in [0.3, 0.4) is 0 Å². The minimum atomic E-state index is -0.485. The molecule has 0 atom stereocenters. The summed E-state index contributed by atoms with van der Waals surface area (Å²) in [7, 11) is 0. The molecule has 1 aliphatic heterocycles. The van der Waals surface area contributed by atoms with Gasteiger partial charge in [-0.3, -0.25) is 14.4 Å². The first kappa shape index (κ1) is 17.5. The zero-order chi connectivity index (χ0) is 19.5. The van der Waals surface area contributed by atoms with Gasteiger partial charge < -0.3 is 0 Å². The monoisotopic (exact) mass is 368 g/mol. The van der Waals surface area contributed by atoms with Crippen molar-refractivity contribution in [3.63, 3.8) is 0 Å². The third-order valence-electron chi connectivity index (χ3n) is 4.52. The molecule has 136 valence electrons. The molecular weight excluding hydrogens is 352 g/mol. The smallest absolute Gasteiger partial charge is 0.282 e. The van der Waals surface area contributed by atoms with Crippen LogP contribution in [-0.2, 0) is 0 Å². The Morgan fingerprint density at radius 2 is 1.14 bits per heavy atom. The number of hydrogen-bond donors (Lipinski definition) is 0. The molecule has 0 N–H and O–H groups in total. The van der Waals surface area contributed by atoms with E-state index in [0.717, 1.165) is 5.01 Å². The van der Waals surface area contributed by atoms with Gasteiger partial charge in [-0.1, -0.05) is 72.8 Å². The van der Waals surface area contributed by atoms with Crippen molar-refractivity contribution in [2.24, 2.45) is 5.10 Å². The molecule has 0 unspecified atom stereocenters. The second kappa shape index (κ2) is 7.40. The molecule has 1 aliphatic rings. The Kier molecular flexibility index (Phi) is 4.64. The number of hydrogen-bond acceptors (Lipinski definition) is 4. The van der Waals surface area contributed by atoms with Crippen molar-refractivity contribution in [1.29, 1.82) is 0 Å². The van der Waals surface area contributed by atoms with E-state index >= 15 is 0 Å². The fourth-order valence-electron chi connectivity index (χ4n) is 3.09. The fraction of sp³-hybridized carbons (Fsp3) is 0.0435. The predicted octanol–water partition coefficient (Wildman–Crippen LogP) is 3.96. The topological polar surface area (TPSA) is 66.8 Å². The molecule has 0 aliphatic carbocycles. The van der Waals surface area contributed by atoms with Crippen LogP contribution in [0.1, 0.15) is 43.1 Å². The maximum atomic E-state index is 12.7. The van der Waals surface area contributed by atoms with Crippen molar-refractivity contribution in [2.75, 3.05) is 0 Å². The molecule has 3 aromatic rings. The van der Waals surface area contributed by atoms with E-state index in [2.05, 4.69) is 5.10 Å². The summed E-state index contributed by atoms with van der Waals surface area (Å²) in [5.41, 5.74) is 2.23. The molecule has 4 rings (SSSR count). The number of fused-ring (bicyclic) bond motifs is 1. The van der Waals surface area contributed by atoms with E-state index in [1.807, 2.05) is 24.3 Å². The zero-order valence-corrected chi connectivity index (χ0v) is 14.9. The van der Waals surface area contributed by atoms with Crippen molar-refractivity contribution < 1.29 is 14.4 Å². The van der Waals surface area contributed by atoms with E-state index in [0.29, 0.717) is 28.0 Å². The summed E-state index contributed by atoms with van der Waals surface area (Å²) in [6, 6.07) is 24.6. The molecule has 1 heterocycles. The molecule has 0 spiro atoms. The first-order valence-corrected chi connectivity index (χ1v) is 8.84. The molecule has 0 radical (unpaired) electrons. The lowest BCUT2D eigenvalue weighted by Gasteiger charge is -2.12. The highest BCUT2D eigenvalue weighted by Gasteiger charge is 2.36. The number of rotatable bonds is 5. The summed E-state index contributed by atoms with van der Waals surface area (Å²) in [6.45, 7) is 0. The molecule has 0 aromatic heterocycles. The van der Waals surface area contributed by atoms with Crippen molar-refractivity contribution in [3.05, 3.63) is 107 Å². The lowest BCUT2D eigenvalue weighted by atomic mass is 10.0. The van der Waals surface area contributed by atoms with Gasteiger partial charge in [-0.2, -0.15) is 10.1 Å². The summed E-state index contributed by atoms with van der Waals surface area (Å²) < 4.78 is 0. The normalized spacial score (nSPS) is 13.6. The molecule has 0 fully saturated rings. The molecule has 0 bridgehead atoms. The summed E-state index contributed by atoms with van der Waals surface area (Å²) in [4.78, 5) is 38.0. The highest BCUT2D eigenvalue weighted by molar-refractivity contribution is 6.23. The first-order valence-electron chi connectivity index (χ1n) is 8.84. The second-order valence-electron chi connectivity index (χ2n) is 6.35. The van der Waals surface area contributed by atoms with E-state index in [1.165, 1.54) is 0 Å². The van der Waals surface area contributed by atoms with E-state index in [9.17, 15) is 14.4 Å². The SMILES string of the molecule is O=C(CC(=NN1C(=O)c2ccccc2C1=O)c1ccccc1)c1ccccc1. The number of carbonyl (C=O) groups is 3. The third kappa shape index (κ3) is 3.25. The zero-order valence-electron chi connectivity index (χ0n) is 14.9. The molecule has 0 saturated carbocycles. The van der Waals surface area contributed by atoms with E-state index in [1.54, 1.807) is 60.7 Å². The number of carbonyl (C=O) groups excluding carboxylic acids is 3. The molecule has 5 heteroatoms. The molecule has 5 nitrogen and oxygen atoms in total. The van der Waals surface area contributed by atoms with Crippen molar-refractivity contribution in [1.82, 2.24) is 5.01 Å². The lowest BCUT2D eigenvalue weighted by molar-refractivity contribution is 0.0657. The van der Waals surface area contributed by atoms with Gasteiger partial charge in [0.2, 0.25) is 0 Å². The van der Waals surface area contributed by atoms with Crippen LogP contribution in [0.2, 0.25) is 0 Å². The standard InChI is InChI=1S/C23H16N2O3/c26-21(17-11-5-2-6-12-17)15-20(16-9-3-1-4-10-16)24-25-22(27)18-13-7-8-14-19(18)23(25)28/h1-14H,15H2. The van der Waals surface area contributed by atoms with Gasteiger partial charge in [-0.15, -0.1) is 0 Å². The molecule has 28 heavy (non-hydrogen) atoms. The van der Waals surface area contributed by atoms with Crippen molar-refractivity contribution in [2.45, 2.75) is 6.42 Å². The third-order valence-corrected chi connectivity index (χ3v) is 4.52. The quantitative estimate of drug-likeness (QED) is 0.389. The minimum Gasteiger partial charge on any atom is -0.294 e. The Morgan fingerprint density at radius 1 is 0.679 bits per heavy atom. The van der Waals surface area contributed by atoms with Crippen LogP contribution in [0.25, 0.3) is 0 Å². The summed E-state index contributed by atoms with van der Waals surface area (Å²) >= 11 is 0. The van der Waals surface area contributed by atoms with E-state index in [4.69, 9.17) is 0 Å². The second-order valence-corrected chi connectivity index (χ2v) is 6.35. The van der Waals surface area contributed by atoms with Gasteiger partial charge in [-0.05, 0) is 17.7 Å². The number of Topliss-reactive ketones (excluding diaryl/α,β-unsaturated/α-hetero) is 1.